The van der Waals surface area contributed by atoms with Gasteiger partial charge in [0.15, 0.2) is 0 Å². The predicted molar refractivity (Wildman–Crippen MR) is 66.2 cm³/mol. The van der Waals surface area contributed by atoms with E-state index in [0.717, 1.165) is 36.8 Å². The second kappa shape index (κ2) is 5.02. The van der Waals surface area contributed by atoms with Crippen molar-refractivity contribution >= 4 is 17.4 Å². The molecule has 1 fully saturated rings. The monoisotopic (exact) mass is 240 g/mol. The molecule has 2 rings (SSSR count). The van der Waals surface area contributed by atoms with Crippen molar-refractivity contribution in [2.75, 3.05) is 24.6 Å². The van der Waals surface area contributed by atoms with Gasteiger partial charge in [-0.2, -0.15) is 0 Å². The Kier molecular flexibility index (Phi) is 3.66. The standard InChI is InChI=1S/C12H17ClN2O/c1-9-8-15(5-6-16-9)12-4-3-11(7-13)10(2)14-12/h3-4,9H,5-8H2,1-2H3. The molecular formula is C12H17ClN2O. The molecule has 0 amide bonds. The predicted octanol–water partition coefficient (Wildman–Crippen LogP) is 2.35. The third-order valence-corrected chi connectivity index (χ3v) is 3.18. The van der Waals surface area contributed by atoms with Crippen LogP contribution in [0.3, 0.4) is 0 Å². The van der Waals surface area contributed by atoms with E-state index in [4.69, 9.17) is 16.3 Å². The lowest BCUT2D eigenvalue weighted by Crippen LogP contribution is -2.41. The zero-order chi connectivity index (χ0) is 11.5. The van der Waals surface area contributed by atoms with Crippen molar-refractivity contribution in [2.45, 2.75) is 25.8 Å². The smallest absolute Gasteiger partial charge is 0.128 e. The zero-order valence-corrected chi connectivity index (χ0v) is 10.5. The Balaban J connectivity index is 2.17. The molecule has 1 aromatic heterocycles. The lowest BCUT2D eigenvalue weighted by atomic mass is 10.2. The number of rotatable bonds is 2. The first kappa shape index (κ1) is 11.7. The molecule has 88 valence electrons. The molecule has 3 nitrogen and oxygen atoms in total. The molecule has 2 heterocycles. The van der Waals surface area contributed by atoms with Crippen LogP contribution in [0.5, 0.6) is 0 Å². The fraction of sp³-hybridized carbons (Fsp3) is 0.583. The molecule has 0 radical (unpaired) electrons. The number of aryl methyl sites for hydroxylation is 1. The van der Waals surface area contributed by atoms with Crippen molar-refractivity contribution < 1.29 is 4.74 Å². The van der Waals surface area contributed by atoms with Gasteiger partial charge in [-0.15, -0.1) is 11.6 Å². The minimum atomic E-state index is 0.281. The van der Waals surface area contributed by atoms with Crippen LogP contribution in [0.1, 0.15) is 18.2 Å². The van der Waals surface area contributed by atoms with Gasteiger partial charge in [-0.3, -0.25) is 0 Å². The van der Waals surface area contributed by atoms with Crippen LogP contribution in [0.25, 0.3) is 0 Å². The average Bonchev–Trinajstić information content (AvgIpc) is 2.29. The number of alkyl halides is 1. The zero-order valence-electron chi connectivity index (χ0n) is 9.74. The number of ether oxygens (including phenoxy) is 1. The van der Waals surface area contributed by atoms with Gasteiger partial charge >= 0.3 is 0 Å². The largest absolute Gasteiger partial charge is 0.375 e. The van der Waals surface area contributed by atoms with Gasteiger partial charge < -0.3 is 9.64 Å². The number of aromatic nitrogens is 1. The van der Waals surface area contributed by atoms with Crippen molar-refractivity contribution in [3.05, 3.63) is 23.4 Å². The minimum absolute atomic E-state index is 0.281. The van der Waals surface area contributed by atoms with Crippen LogP contribution >= 0.6 is 11.6 Å². The topological polar surface area (TPSA) is 25.4 Å². The third-order valence-electron chi connectivity index (χ3n) is 2.89. The normalized spacial score (nSPS) is 21.2. The van der Waals surface area contributed by atoms with Crippen molar-refractivity contribution in [3.63, 3.8) is 0 Å². The molecule has 0 bridgehead atoms. The molecule has 1 atom stereocenters. The first-order chi connectivity index (χ1) is 7.70. The number of pyridine rings is 1. The second-order valence-corrected chi connectivity index (χ2v) is 4.44. The molecule has 4 heteroatoms. The summed E-state index contributed by atoms with van der Waals surface area (Å²) >= 11 is 5.82. The van der Waals surface area contributed by atoms with E-state index < -0.39 is 0 Å². The van der Waals surface area contributed by atoms with E-state index in [0.29, 0.717) is 5.88 Å². The average molecular weight is 241 g/mol. The summed E-state index contributed by atoms with van der Waals surface area (Å²) in [6, 6.07) is 4.10. The summed E-state index contributed by atoms with van der Waals surface area (Å²) in [6.07, 6.45) is 0.281. The van der Waals surface area contributed by atoms with E-state index in [1.807, 2.05) is 13.0 Å². The molecule has 16 heavy (non-hydrogen) atoms. The molecule has 1 aliphatic rings. The van der Waals surface area contributed by atoms with Crippen molar-refractivity contribution in [3.8, 4) is 0 Å². The maximum absolute atomic E-state index is 5.82. The van der Waals surface area contributed by atoms with Crippen molar-refractivity contribution in [2.24, 2.45) is 0 Å². The number of anilines is 1. The summed E-state index contributed by atoms with van der Waals surface area (Å²) in [4.78, 5) is 6.85. The molecule has 0 spiro atoms. The summed E-state index contributed by atoms with van der Waals surface area (Å²) in [5, 5.41) is 0. The van der Waals surface area contributed by atoms with Gasteiger partial charge in [-0.05, 0) is 25.5 Å². The fourth-order valence-electron chi connectivity index (χ4n) is 1.92. The van der Waals surface area contributed by atoms with Crippen LogP contribution in [-0.4, -0.2) is 30.8 Å². The highest BCUT2D eigenvalue weighted by Crippen LogP contribution is 2.18. The first-order valence-electron chi connectivity index (χ1n) is 5.59. The highest BCUT2D eigenvalue weighted by Gasteiger charge is 2.18. The van der Waals surface area contributed by atoms with Crippen LogP contribution in [-0.2, 0) is 10.6 Å². The molecule has 0 saturated carbocycles. The van der Waals surface area contributed by atoms with Crippen LogP contribution < -0.4 is 4.90 Å². The molecule has 0 aliphatic carbocycles. The van der Waals surface area contributed by atoms with E-state index in [-0.39, 0.29) is 6.10 Å². The van der Waals surface area contributed by atoms with E-state index in [9.17, 15) is 0 Å². The highest BCUT2D eigenvalue weighted by atomic mass is 35.5. The van der Waals surface area contributed by atoms with E-state index in [1.54, 1.807) is 0 Å². The van der Waals surface area contributed by atoms with Gasteiger partial charge in [0.2, 0.25) is 0 Å². The molecule has 0 N–H and O–H groups in total. The Labute approximate surface area is 101 Å². The van der Waals surface area contributed by atoms with Gasteiger partial charge in [0.05, 0.1) is 12.7 Å². The third kappa shape index (κ3) is 2.47. The Morgan fingerprint density at radius 2 is 2.38 bits per heavy atom. The second-order valence-electron chi connectivity index (χ2n) is 4.18. The number of halogens is 1. The molecule has 1 aliphatic heterocycles. The van der Waals surface area contributed by atoms with Gasteiger partial charge in [0, 0.05) is 24.7 Å². The van der Waals surface area contributed by atoms with Crippen LogP contribution in [0.15, 0.2) is 12.1 Å². The molecule has 0 aromatic carbocycles. The highest BCUT2D eigenvalue weighted by molar-refractivity contribution is 6.17. The SMILES string of the molecule is Cc1nc(N2CCOC(C)C2)ccc1CCl. The van der Waals surface area contributed by atoms with Gasteiger partial charge in [-0.1, -0.05) is 6.07 Å². The van der Waals surface area contributed by atoms with Gasteiger partial charge in [0.1, 0.15) is 5.82 Å². The Hall–Kier alpha value is -0.800. The van der Waals surface area contributed by atoms with E-state index in [1.165, 1.54) is 0 Å². The Morgan fingerprint density at radius 3 is 3.00 bits per heavy atom. The summed E-state index contributed by atoms with van der Waals surface area (Å²) in [5.41, 5.74) is 2.12. The van der Waals surface area contributed by atoms with Crippen LogP contribution in [0, 0.1) is 6.92 Å². The van der Waals surface area contributed by atoms with Crippen LogP contribution in [0.2, 0.25) is 0 Å². The summed E-state index contributed by atoms with van der Waals surface area (Å²) in [6.45, 7) is 6.69. The molecule has 1 saturated heterocycles. The molecular weight excluding hydrogens is 224 g/mol. The Morgan fingerprint density at radius 1 is 1.56 bits per heavy atom. The minimum Gasteiger partial charge on any atom is -0.375 e. The summed E-state index contributed by atoms with van der Waals surface area (Å²) in [7, 11) is 0. The van der Waals surface area contributed by atoms with Crippen molar-refractivity contribution in [1.82, 2.24) is 4.98 Å². The Bertz CT molecular complexity index is 370. The number of hydrogen-bond donors (Lipinski definition) is 0. The first-order valence-corrected chi connectivity index (χ1v) is 6.13. The van der Waals surface area contributed by atoms with Gasteiger partial charge in [-0.25, -0.2) is 4.98 Å². The number of nitrogens with zero attached hydrogens (tertiary/aromatic N) is 2. The maximum Gasteiger partial charge on any atom is 0.128 e. The summed E-state index contributed by atoms with van der Waals surface area (Å²) < 4.78 is 5.51. The molecule has 1 aromatic rings. The number of hydrogen-bond acceptors (Lipinski definition) is 3. The van der Waals surface area contributed by atoms with Crippen LogP contribution in [0.4, 0.5) is 5.82 Å². The van der Waals surface area contributed by atoms with Crippen molar-refractivity contribution in [1.29, 1.82) is 0 Å². The lowest BCUT2D eigenvalue weighted by Gasteiger charge is -2.32. The maximum atomic E-state index is 5.82. The van der Waals surface area contributed by atoms with E-state index in [2.05, 4.69) is 22.9 Å². The fourth-order valence-corrected chi connectivity index (χ4v) is 2.20. The lowest BCUT2D eigenvalue weighted by molar-refractivity contribution is 0.0529. The quantitative estimate of drug-likeness (QED) is 0.742. The summed E-state index contributed by atoms with van der Waals surface area (Å²) in [5.74, 6) is 1.56. The number of morpholine rings is 1. The van der Waals surface area contributed by atoms with Gasteiger partial charge in [0.25, 0.3) is 0 Å². The molecule has 1 unspecified atom stereocenters. The van der Waals surface area contributed by atoms with E-state index >= 15 is 0 Å².